The molecule has 0 atom stereocenters. The Hall–Kier alpha value is -2.08. The normalized spacial score (nSPS) is 11.3. The van der Waals surface area contributed by atoms with Crippen LogP contribution in [-0.4, -0.2) is 23.3 Å². The lowest BCUT2D eigenvalue weighted by atomic mass is 10.3. The number of aromatic nitrogens is 2. The van der Waals surface area contributed by atoms with Crippen molar-refractivity contribution in [2.24, 2.45) is 0 Å². The zero-order chi connectivity index (χ0) is 12.5. The van der Waals surface area contributed by atoms with Gasteiger partial charge in [0.15, 0.2) is 9.84 Å². The molecule has 0 amide bonds. The summed E-state index contributed by atoms with van der Waals surface area (Å²) in [5, 5.41) is 14.2. The maximum absolute atomic E-state index is 11.5. The van der Waals surface area contributed by atoms with E-state index in [2.05, 4.69) is 11.7 Å². The van der Waals surface area contributed by atoms with E-state index in [1.54, 1.807) is 12.1 Å². The van der Waals surface area contributed by atoms with Crippen molar-refractivity contribution in [1.82, 2.24) is 9.78 Å². The van der Waals surface area contributed by atoms with Gasteiger partial charge in [-0.05, 0) is 24.3 Å². The Kier molecular flexibility index (Phi) is 2.72. The van der Waals surface area contributed by atoms with Crippen LogP contribution < -0.4 is 0 Å². The largest absolute Gasteiger partial charge is 0.493 e. The van der Waals surface area contributed by atoms with Crippen LogP contribution in [0.15, 0.2) is 53.4 Å². The molecule has 1 aromatic heterocycles. The molecule has 0 saturated heterocycles. The SMILES string of the molecule is C=CS(=O)(=O)c1ccc(-n2nccc2O)cc1. The average molecular weight is 250 g/mol. The van der Waals surface area contributed by atoms with Crippen molar-refractivity contribution in [3.8, 4) is 11.6 Å². The maximum atomic E-state index is 11.5. The van der Waals surface area contributed by atoms with Crippen LogP contribution in [0.3, 0.4) is 0 Å². The van der Waals surface area contributed by atoms with Crippen molar-refractivity contribution in [2.45, 2.75) is 4.90 Å². The van der Waals surface area contributed by atoms with Gasteiger partial charge < -0.3 is 5.11 Å². The van der Waals surface area contributed by atoms with Crippen LogP contribution in [0.1, 0.15) is 0 Å². The van der Waals surface area contributed by atoms with E-state index in [9.17, 15) is 13.5 Å². The molecule has 2 rings (SSSR count). The zero-order valence-corrected chi connectivity index (χ0v) is 9.63. The second-order valence-corrected chi connectivity index (χ2v) is 5.20. The number of rotatable bonds is 3. The van der Waals surface area contributed by atoms with Gasteiger partial charge >= 0.3 is 0 Å². The van der Waals surface area contributed by atoms with Gasteiger partial charge in [-0.2, -0.15) is 5.10 Å². The van der Waals surface area contributed by atoms with Crippen LogP contribution >= 0.6 is 0 Å². The van der Waals surface area contributed by atoms with E-state index in [0.29, 0.717) is 5.69 Å². The van der Waals surface area contributed by atoms with E-state index in [1.165, 1.54) is 29.1 Å². The smallest absolute Gasteiger partial charge is 0.214 e. The molecule has 0 fully saturated rings. The van der Waals surface area contributed by atoms with E-state index in [4.69, 9.17) is 0 Å². The Balaban J connectivity index is 2.44. The minimum Gasteiger partial charge on any atom is -0.493 e. The van der Waals surface area contributed by atoms with Crippen LogP contribution in [0, 0.1) is 0 Å². The summed E-state index contributed by atoms with van der Waals surface area (Å²) in [6.07, 6.45) is 1.45. The molecule has 0 aliphatic rings. The first-order valence-corrected chi connectivity index (χ1v) is 6.30. The van der Waals surface area contributed by atoms with Crippen molar-refractivity contribution in [2.75, 3.05) is 0 Å². The molecule has 0 unspecified atom stereocenters. The van der Waals surface area contributed by atoms with Crippen LogP contribution in [0.2, 0.25) is 0 Å². The molecule has 5 nitrogen and oxygen atoms in total. The van der Waals surface area contributed by atoms with Crippen LogP contribution in [0.4, 0.5) is 0 Å². The number of sulfone groups is 1. The number of nitrogens with zero attached hydrogens (tertiary/aromatic N) is 2. The Morgan fingerprint density at radius 2 is 1.88 bits per heavy atom. The molecule has 1 N–H and O–H groups in total. The zero-order valence-electron chi connectivity index (χ0n) is 8.81. The highest BCUT2D eigenvalue weighted by Crippen LogP contribution is 2.18. The third-order valence-corrected chi connectivity index (χ3v) is 3.62. The van der Waals surface area contributed by atoms with E-state index in [0.717, 1.165) is 5.41 Å². The summed E-state index contributed by atoms with van der Waals surface area (Å²) in [6.45, 7) is 3.25. The van der Waals surface area contributed by atoms with Crippen molar-refractivity contribution in [3.63, 3.8) is 0 Å². The summed E-state index contributed by atoms with van der Waals surface area (Å²) in [5.41, 5.74) is 0.579. The summed E-state index contributed by atoms with van der Waals surface area (Å²) in [5.74, 6) is -0.00988. The molecular weight excluding hydrogens is 240 g/mol. The lowest BCUT2D eigenvalue weighted by Crippen LogP contribution is -1.98. The van der Waals surface area contributed by atoms with Gasteiger partial charge in [0, 0.05) is 11.5 Å². The molecule has 0 spiro atoms. The second-order valence-electron chi connectivity index (χ2n) is 3.31. The number of hydrogen-bond donors (Lipinski definition) is 1. The van der Waals surface area contributed by atoms with Gasteiger partial charge in [-0.3, -0.25) is 0 Å². The minimum atomic E-state index is -3.42. The third-order valence-electron chi connectivity index (χ3n) is 2.25. The van der Waals surface area contributed by atoms with E-state index in [-0.39, 0.29) is 10.8 Å². The van der Waals surface area contributed by atoms with Gasteiger partial charge in [0.05, 0.1) is 16.8 Å². The van der Waals surface area contributed by atoms with E-state index < -0.39 is 9.84 Å². The van der Waals surface area contributed by atoms with Crippen molar-refractivity contribution < 1.29 is 13.5 Å². The third kappa shape index (κ3) is 2.07. The summed E-state index contributed by atoms with van der Waals surface area (Å²) in [7, 11) is -3.42. The van der Waals surface area contributed by atoms with Gasteiger partial charge in [-0.25, -0.2) is 13.1 Å². The summed E-state index contributed by atoms with van der Waals surface area (Å²) < 4.78 is 24.2. The topological polar surface area (TPSA) is 72.2 Å². The van der Waals surface area contributed by atoms with Crippen LogP contribution in [-0.2, 0) is 9.84 Å². The van der Waals surface area contributed by atoms with Crippen LogP contribution in [0.5, 0.6) is 5.88 Å². The molecule has 0 saturated carbocycles. The minimum absolute atomic E-state index is 0.00988. The highest BCUT2D eigenvalue weighted by Gasteiger charge is 2.10. The number of aromatic hydroxyl groups is 1. The molecule has 0 bridgehead atoms. The quantitative estimate of drug-likeness (QED) is 0.895. The van der Waals surface area contributed by atoms with Gasteiger partial charge in [-0.15, -0.1) is 0 Å². The van der Waals surface area contributed by atoms with E-state index >= 15 is 0 Å². The monoisotopic (exact) mass is 250 g/mol. The van der Waals surface area contributed by atoms with E-state index in [1.807, 2.05) is 0 Å². The maximum Gasteiger partial charge on any atom is 0.214 e. The molecule has 1 heterocycles. The molecular formula is C11H10N2O3S. The van der Waals surface area contributed by atoms with Crippen LogP contribution in [0.25, 0.3) is 5.69 Å². The highest BCUT2D eigenvalue weighted by molar-refractivity contribution is 7.94. The second kappa shape index (κ2) is 4.06. The Morgan fingerprint density at radius 3 is 2.35 bits per heavy atom. The first kappa shape index (κ1) is 11.4. The van der Waals surface area contributed by atoms with Gasteiger partial charge in [0.25, 0.3) is 0 Å². The first-order valence-electron chi connectivity index (χ1n) is 4.75. The lowest BCUT2D eigenvalue weighted by Gasteiger charge is -2.04. The summed E-state index contributed by atoms with van der Waals surface area (Å²) >= 11 is 0. The van der Waals surface area contributed by atoms with Crippen molar-refractivity contribution in [3.05, 3.63) is 48.5 Å². The van der Waals surface area contributed by atoms with Gasteiger partial charge in [-0.1, -0.05) is 6.58 Å². The molecule has 6 heteroatoms. The first-order chi connectivity index (χ1) is 8.04. The predicted octanol–water partition coefficient (Wildman–Crippen LogP) is 1.50. The molecule has 17 heavy (non-hydrogen) atoms. The number of benzene rings is 1. The van der Waals surface area contributed by atoms with Gasteiger partial charge in [0.1, 0.15) is 0 Å². The summed E-state index contributed by atoms with van der Waals surface area (Å²) in [4.78, 5) is 0.155. The van der Waals surface area contributed by atoms with Crippen molar-refractivity contribution >= 4 is 9.84 Å². The fourth-order valence-electron chi connectivity index (χ4n) is 1.37. The molecule has 1 aromatic carbocycles. The highest BCUT2D eigenvalue weighted by atomic mass is 32.2. The predicted molar refractivity (Wildman–Crippen MR) is 62.6 cm³/mol. The Bertz CT molecular complexity index is 642. The molecule has 2 aromatic rings. The number of hydrogen-bond acceptors (Lipinski definition) is 4. The van der Waals surface area contributed by atoms with Gasteiger partial charge in [0.2, 0.25) is 5.88 Å². The molecule has 0 aliphatic heterocycles. The molecule has 0 radical (unpaired) electrons. The van der Waals surface area contributed by atoms with Crippen molar-refractivity contribution in [1.29, 1.82) is 0 Å². The fraction of sp³-hybridized carbons (Fsp3) is 0. The molecule has 88 valence electrons. The standard InChI is InChI=1S/C11H10N2O3S/c1-2-17(15,16)10-5-3-9(4-6-10)13-11(14)7-8-12-13/h2-8,14H,1H2. The average Bonchev–Trinajstić information content (AvgIpc) is 2.76. The molecule has 0 aliphatic carbocycles. The Morgan fingerprint density at radius 1 is 1.24 bits per heavy atom. The summed E-state index contributed by atoms with van der Waals surface area (Å²) in [6, 6.07) is 7.43. The Labute approximate surface area is 98.6 Å². The lowest BCUT2D eigenvalue weighted by molar-refractivity contribution is 0.433. The fourth-order valence-corrected chi connectivity index (χ4v) is 2.08.